The van der Waals surface area contributed by atoms with E-state index in [0.29, 0.717) is 60.7 Å². The van der Waals surface area contributed by atoms with Crippen molar-refractivity contribution in [3.63, 3.8) is 0 Å². The summed E-state index contributed by atoms with van der Waals surface area (Å²) in [5.74, 6) is -0.738. The topological polar surface area (TPSA) is 79.2 Å². The molecular formula is C36H50ClFN2O6Si. The van der Waals surface area contributed by atoms with Gasteiger partial charge in [0.25, 0.3) is 0 Å². The Labute approximate surface area is 284 Å². The van der Waals surface area contributed by atoms with Crippen LogP contribution in [0.2, 0.25) is 23.2 Å². The lowest BCUT2D eigenvalue weighted by Crippen LogP contribution is -2.43. The van der Waals surface area contributed by atoms with Gasteiger partial charge in [-0.15, -0.1) is 0 Å². The molecule has 47 heavy (non-hydrogen) atoms. The van der Waals surface area contributed by atoms with Crippen LogP contribution in [0, 0.1) is 11.2 Å². The second kappa shape index (κ2) is 14.3. The van der Waals surface area contributed by atoms with Crippen LogP contribution in [-0.2, 0) is 20.3 Å². The molecule has 1 saturated heterocycles. The number of anilines is 1. The average molecular weight is 689 g/mol. The highest BCUT2D eigenvalue weighted by molar-refractivity contribution is 6.74. The first-order valence-electron chi connectivity index (χ1n) is 16.3. The van der Waals surface area contributed by atoms with Crippen LogP contribution in [0.15, 0.2) is 35.3 Å². The minimum absolute atomic E-state index is 0.00743. The van der Waals surface area contributed by atoms with Gasteiger partial charge in [-0.1, -0.05) is 53.1 Å². The van der Waals surface area contributed by atoms with Crippen LogP contribution in [0.1, 0.15) is 76.0 Å². The minimum atomic E-state index is -2.15. The van der Waals surface area contributed by atoms with E-state index in [0.717, 1.165) is 5.69 Å². The summed E-state index contributed by atoms with van der Waals surface area (Å²) >= 11 is 6.39. The number of fused-ring (bicyclic) bond motifs is 1. The third-order valence-electron chi connectivity index (χ3n) is 9.52. The molecule has 1 aromatic heterocycles. The van der Waals surface area contributed by atoms with Crippen molar-refractivity contribution in [3.8, 4) is 5.75 Å². The van der Waals surface area contributed by atoms with Gasteiger partial charge in [-0.2, -0.15) is 0 Å². The third kappa shape index (κ3) is 8.04. The largest absolute Gasteiger partial charge is 0.496 e. The summed E-state index contributed by atoms with van der Waals surface area (Å²) in [5.41, 5.74) is 1.48. The summed E-state index contributed by atoms with van der Waals surface area (Å²) in [6, 6.07) is 6.67. The predicted molar refractivity (Wildman–Crippen MR) is 190 cm³/mol. The van der Waals surface area contributed by atoms with E-state index >= 15 is 4.39 Å². The molecule has 1 atom stereocenters. The Balaban J connectivity index is 1.92. The van der Waals surface area contributed by atoms with E-state index in [2.05, 4.69) is 59.5 Å². The van der Waals surface area contributed by atoms with Gasteiger partial charge < -0.3 is 28.1 Å². The fourth-order valence-corrected chi connectivity index (χ4v) is 6.82. The summed E-state index contributed by atoms with van der Waals surface area (Å²) in [6.07, 6.45) is 1.71. The highest BCUT2D eigenvalue weighted by Crippen LogP contribution is 2.40. The minimum Gasteiger partial charge on any atom is -0.496 e. The predicted octanol–water partition coefficient (Wildman–Crippen LogP) is 8.02. The van der Waals surface area contributed by atoms with Crippen molar-refractivity contribution < 1.29 is 27.8 Å². The van der Waals surface area contributed by atoms with Crippen molar-refractivity contribution in [1.29, 1.82) is 0 Å². The molecule has 0 unspecified atom stereocenters. The lowest BCUT2D eigenvalue weighted by atomic mass is 9.86. The molecule has 1 aliphatic heterocycles. The Bertz CT molecular complexity index is 1670. The van der Waals surface area contributed by atoms with Crippen molar-refractivity contribution in [2.75, 3.05) is 51.5 Å². The lowest BCUT2D eigenvalue weighted by molar-refractivity contribution is 0.0522. The molecule has 11 heteroatoms. The normalized spacial score (nSPS) is 15.2. The molecule has 0 aliphatic carbocycles. The molecule has 0 amide bonds. The Morgan fingerprint density at radius 1 is 1.06 bits per heavy atom. The van der Waals surface area contributed by atoms with E-state index in [1.54, 1.807) is 44.5 Å². The summed E-state index contributed by atoms with van der Waals surface area (Å²) in [7, 11) is -0.600. The molecule has 0 bridgehead atoms. The lowest BCUT2D eigenvalue weighted by Gasteiger charge is -2.40. The molecule has 258 valence electrons. The van der Waals surface area contributed by atoms with Gasteiger partial charge in [0, 0.05) is 42.8 Å². The van der Waals surface area contributed by atoms with Crippen LogP contribution in [0.25, 0.3) is 10.9 Å². The molecule has 4 rings (SSSR count). The molecular weight excluding hydrogens is 639 g/mol. The van der Waals surface area contributed by atoms with Crippen molar-refractivity contribution in [3.05, 3.63) is 68.2 Å². The number of halogens is 2. The number of carbonyl (C=O) groups excluding carboxylic acids is 1. The van der Waals surface area contributed by atoms with E-state index in [-0.39, 0.29) is 40.1 Å². The maximum atomic E-state index is 15.5. The number of benzene rings is 2. The molecule has 0 saturated carbocycles. The zero-order chi connectivity index (χ0) is 34.9. The van der Waals surface area contributed by atoms with E-state index < -0.39 is 25.5 Å². The highest BCUT2D eigenvalue weighted by atomic mass is 35.5. The molecule has 8 nitrogen and oxygen atoms in total. The van der Waals surface area contributed by atoms with E-state index in [4.69, 9.17) is 30.2 Å². The van der Waals surface area contributed by atoms with Gasteiger partial charge in [-0.25, -0.2) is 9.18 Å². The Morgan fingerprint density at radius 3 is 2.30 bits per heavy atom. The highest BCUT2D eigenvalue weighted by Gasteiger charge is 2.39. The monoisotopic (exact) mass is 688 g/mol. The number of hydrogen-bond acceptors (Lipinski definition) is 7. The van der Waals surface area contributed by atoms with Gasteiger partial charge in [0.2, 0.25) is 5.43 Å². The zero-order valence-corrected chi connectivity index (χ0v) is 31.3. The van der Waals surface area contributed by atoms with Crippen LogP contribution in [0.4, 0.5) is 10.1 Å². The first kappa shape index (κ1) is 36.9. The van der Waals surface area contributed by atoms with Gasteiger partial charge in [-0.3, -0.25) is 4.79 Å². The number of rotatable bonds is 10. The van der Waals surface area contributed by atoms with Crippen molar-refractivity contribution in [2.24, 2.45) is 5.41 Å². The van der Waals surface area contributed by atoms with Gasteiger partial charge in [0.15, 0.2) is 8.32 Å². The average Bonchev–Trinajstić information content (AvgIpc) is 2.99. The summed E-state index contributed by atoms with van der Waals surface area (Å²) in [4.78, 5) is 29.3. The van der Waals surface area contributed by atoms with E-state index in [1.807, 2.05) is 4.57 Å². The molecule has 0 spiro atoms. The number of morpholine rings is 1. The third-order valence-corrected chi connectivity index (χ3v) is 14.3. The number of methoxy groups -OCH3 is 1. The van der Waals surface area contributed by atoms with Crippen LogP contribution in [0.5, 0.6) is 5.75 Å². The summed E-state index contributed by atoms with van der Waals surface area (Å²) < 4.78 is 40.9. The molecule has 1 aliphatic rings. The van der Waals surface area contributed by atoms with Gasteiger partial charge in [-0.05, 0) is 59.8 Å². The second-order valence-corrected chi connectivity index (χ2v) is 20.0. The zero-order valence-electron chi connectivity index (χ0n) is 29.5. The maximum absolute atomic E-state index is 15.5. The maximum Gasteiger partial charge on any atom is 0.343 e. The summed E-state index contributed by atoms with van der Waals surface area (Å²) in [5, 5.41) is 0.321. The van der Waals surface area contributed by atoms with Crippen LogP contribution in [-0.4, -0.2) is 65.5 Å². The molecule has 2 heterocycles. The quantitative estimate of drug-likeness (QED) is 0.158. The molecule has 3 aromatic rings. The Kier molecular flexibility index (Phi) is 11.2. The standard InChI is InChI=1S/C36H50ClFN2O6Si/c1-11-45-34(42)27-21-40(31(35(2,3)4)22-46-47(9,10)36(5,6)7)29-20-30(43-8)23(18-26(29)33(27)41)16-24-17-25(19-28(37)32(24)38)39-12-14-44-15-13-39/h17-21,31H,11-16,22H2,1-10H3/t31-/m1/s1. The van der Waals surface area contributed by atoms with Gasteiger partial charge in [0.1, 0.15) is 17.1 Å². The Morgan fingerprint density at radius 2 is 1.72 bits per heavy atom. The van der Waals surface area contributed by atoms with Crippen LogP contribution in [0.3, 0.4) is 0 Å². The van der Waals surface area contributed by atoms with Gasteiger partial charge >= 0.3 is 5.97 Å². The van der Waals surface area contributed by atoms with Crippen molar-refractivity contribution in [1.82, 2.24) is 4.57 Å². The van der Waals surface area contributed by atoms with Crippen molar-refractivity contribution >= 4 is 42.5 Å². The number of ether oxygens (including phenoxy) is 3. The molecule has 0 radical (unpaired) electrons. The molecule has 2 aromatic carbocycles. The molecule has 1 fully saturated rings. The Hall–Kier alpha value is -2.92. The van der Waals surface area contributed by atoms with E-state index in [9.17, 15) is 9.59 Å². The fraction of sp³-hybridized carbons (Fsp3) is 0.556. The van der Waals surface area contributed by atoms with Crippen molar-refractivity contribution in [2.45, 2.75) is 79.1 Å². The first-order chi connectivity index (χ1) is 21.9. The summed E-state index contributed by atoms with van der Waals surface area (Å²) in [6.45, 7) is 22.0. The smallest absolute Gasteiger partial charge is 0.343 e. The number of esters is 1. The second-order valence-electron chi connectivity index (χ2n) is 14.8. The number of pyridine rings is 1. The van der Waals surface area contributed by atoms with Crippen LogP contribution >= 0.6 is 11.6 Å². The number of aromatic nitrogens is 1. The van der Waals surface area contributed by atoms with Crippen LogP contribution < -0.4 is 15.1 Å². The first-order valence-corrected chi connectivity index (χ1v) is 19.6. The molecule has 0 N–H and O–H groups in total. The van der Waals surface area contributed by atoms with Gasteiger partial charge in [0.05, 0.1) is 50.1 Å². The fourth-order valence-electron chi connectivity index (χ4n) is 5.58. The number of hydrogen-bond donors (Lipinski definition) is 0. The number of carbonyl (C=O) groups is 1. The SMILES string of the molecule is CCOC(=O)c1cn([C@H](CO[Si](C)(C)C(C)(C)C)C(C)(C)C)c2cc(OC)c(Cc3cc(N4CCOCC4)cc(Cl)c3F)cc2c1=O. The van der Waals surface area contributed by atoms with E-state index in [1.165, 1.54) is 0 Å². The number of nitrogens with zero attached hydrogens (tertiary/aromatic N) is 2.